The summed E-state index contributed by atoms with van der Waals surface area (Å²) < 4.78 is 20.3. The maximum absolute atomic E-state index is 13.0. The Morgan fingerprint density at radius 2 is 1.90 bits per heavy atom. The Morgan fingerprint density at radius 1 is 1.18 bits per heavy atom. The number of cyclic esters (lactones) is 1. The second-order valence-corrected chi connectivity index (χ2v) is 19.5. The number of rotatable bonds is 9. The molecule has 0 aliphatic carbocycles. The number of hydrogen-bond donors (Lipinski definition) is 0. The summed E-state index contributed by atoms with van der Waals surface area (Å²) in [7, 11) is 0. The Bertz CT molecular complexity index is 1190. The first-order valence-corrected chi connectivity index (χ1v) is 20.2. The number of fused-ring (bicyclic) bond motifs is 4. The van der Waals surface area contributed by atoms with Crippen molar-refractivity contribution >= 4 is 32.2 Å². The van der Waals surface area contributed by atoms with Crippen molar-refractivity contribution in [3.63, 3.8) is 0 Å². The summed E-state index contributed by atoms with van der Waals surface area (Å²) >= 11 is -2.32. The van der Waals surface area contributed by atoms with Crippen LogP contribution in [0.15, 0.2) is 61.2 Å². The second-order valence-electron chi connectivity index (χ2n) is 10.3. The van der Waals surface area contributed by atoms with Crippen LogP contribution in [0, 0.1) is 11.3 Å². The fourth-order valence-electron chi connectivity index (χ4n) is 5.16. The Hall–Kier alpha value is -2.13. The van der Waals surface area contributed by atoms with Crippen molar-refractivity contribution in [1.29, 1.82) is 5.26 Å². The Balaban J connectivity index is 1.34. The molecule has 2 aromatic carbocycles. The average Bonchev–Trinajstić information content (AvgIpc) is 2.99. The van der Waals surface area contributed by atoms with E-state index >= 15 is 0 Å². The van der Waals surface area contributed by atoms with E-state index in [-0.39, 0.29) is 46.6 Å². The number of unbranched alkanes of at least 4 members (excludes halogenated alkanes) is 1. The molecule has 6 nitrogen and oxygen atoms in total. The molecule has 4 rings (SSSR count). The number of alkyl halides is 4. The third-order valence-electron chi connectivity index (χ3n) is 7.40. The van der Waals surface area contributed by atoms with E-state index in [4.69, 9.17) is 17.8 Å². The molecule has 0 saturated carbocycles. The minimum absolute atomic E-state index is 0.000965. The van der Waals surface area contributed by atoms with Crippen LogP contribution in [0.4, 0.5) is 0 Å². The first kappa shape index (κ1) is 30.8. The molecule has 0 N–H and O–H groups in total. The normalized spacial score (nSPS) is 24.3. The summed E-state index contributed by atoms with van der Waals surface area (Å²) in [6.07, 6.45) is 8.72. The quantitative estimate of drug-likeness (QED) is 0.126. The van der Waals surface area contributed by atoms with Gasteiger partial charge in [-0.3, -0.25) is 0 Å². The van der Waals surface area contributed by atoms with E-state index in [1.54, 1.807) is 0 Å². The summed E-state index contributed by atoms with van der Waals surface area (Å²) in [6, 6.07) is 17.8. The number of ether oxygens (including phenoxy) is 2. The number of hydrogen-bond acceptors (Lipinski definition) is 6. The molecule has 2 fully saturated rings. The van der Waals surface area contributed by atoms with Crippen molar-refractivity contribution < 1.29 is 43.3 Å². The first-order valence-electron chi connectivity index (χ1n) is 13.9. The van der Waals surface area contributed by atoms with Gasteiger partial charge in [-0.1, -0.05) is 0 Å². The fraction of sp³-hybridized carbons (Fsp3) is 0.469. The van der Waals surface area contributed by atoms with Crippen molar-refractivity contribution in [1.82, 2.24) is 0 Å². The van der Waals surface area contributed by atoms with E-state index in [9.17, 15) is 9.59 Å². The van der Waals surface area contributed by atoms with Gasteiger partial charge in [-0.15, -0.1) is 0 Å². The number of benzene rings is 2. The fourth-order valence-corrected chi connectivity index (χ4v) is 16.3. The SMILES string of the molecule is C=CC(=O)OI1CCC2(CCCCOc3ccc(-c4ccc(C#N)cc4)cc3)CC(=O)OC(C)C1CCCC[I-]2. The van der Waals surface area contributed by atoms with E-state index in [0.29, 0.717) is 18.6 Å². The van der Waals surface area contributed by atoms with Crippen LogP contribution < -0.4 is 25.9 Å². The van der Waals surface area contributed by atoms with Gasteiger partial charge in [-0.25, -0.2) is 0 Å². The minimum atomic E-state index is -2.14. The number of nitriles is 1. The van der Waals surface area contributed by atoms with Crippen LogP contribution in [-0.2, 0) is 17.4 Å². The van der Waals surface area contributed by atoms with Gasteiger partial charge < -0.3 is 0 Å². The Labute approximate surface area is 256 Å². The van der Waals surface area contributed by atoms with Crippen LogP contribution in [0.1, 0.15) is 63.9 Å². The second kappa shape index (κ2) is 15.2. The number of esters is 1. The summed E-state index contributed by atoms with van der Waals surface area (Å²) in [5.41, 5.74) is 2.80. The van der Waals surface area contributed by atoms with Gasteiger partial charge in [-0.2, -0.15) is 5.26 Å². The summed E-state index contributed by atoms with van der Waals surface area (Å²) in [4.78, 5) is 25.2. The van der Waals surface area contributed by atoms with Crippen LogP contribution >= 0.6 is 20.2 Å². The van der Waals surface area contributed by atoms with Crippen LogP contribution in [-0.4, -0.2) is 40.9 Å². The van der Waals surface area contributed by atoms with Gasteiger partial charge in [-0.05, 0) is 12.1 Å². The van der Waals surface area contributed by atoms with Crippen molar-refractivity contribution in [2.24, 2.45) is 0 Å². The van der Waals surface area contributed by atoms with Gasteiger partial charge in [0.2, 0.25) is 0 Å². The molecule has 2 heterocycles. The molecule has 0 aromatic heterocycles. The van der Waals surface area contributed by atoms with E-state index < -0.39 is 20.2 Å². The van der Waals surface area contributed by atoms with Crippen molar-refractivity contribution in [2.75, 3.05) is 15.5 Å². The topological polar surface area (TPSA) is 85.6 Å². The molecule has 0 amide bonds. The molecule has 0 spiro atoms. The molecule has 2 aliphatic rings. The molecular weight excluding hydrogens is 732 g/mol. The monoisotopic (exact) mass is 770 g/mol. The molecule has 2 saturated heterocycles. The molecular formula is C32H38I2NO5-. The third-order valence-corrected chi connectivity index (χ3v) is 17.8. The summed E-state index contributed by atoms with van der Waals surface area (Å²) in [5, 5.41) is 8.99. The van der Waals surface area contributed by atoms with Crippen molar-refractivity contribution in [3.05, 3.63) is 66.7 Å². The van der Waals surface area contributed by atoms with E-state index in [1.165, 1.54) is 16.9 Å². The number of carbonyl (C=O) groups is 2. The van der Waals surface area contributed by atoms with E-state index in [0.717, 1.165) is 59.8 Å². The van der Waals surface area contributed by atoms with Gasteiger partial charge in [0.15, 0.2) is 0 Å². The zero-order chi connectivity index (χ0) is 28.4. The molecule has 3 unspecified atom stereocenters. The van der Waals surface area contributed by atoms with Crippen LogP contribution in [0.2, 0.25) is 0 Å². The number of carbonyl (C=O) groups excluding carboxylic acids is 2. The molecule has 2 bridgehead atoms. The molecule has 2 aliphatic heterocycles. The molecule has 0 radical (unpaired) electrons. The number of halogens is 2. The van der Waals surface area contributed by atoms with Gasteiger partial charge in [0.05, 0.1) is 11.6 Å². The van der Waals surface area contributed by atoms with E-state index in [1.807, 2.05) is 55.5 Å². The van der Waals surface area contributed by atoms with Gasteiger partial charge in [0.25, 0.3) is 0 Å². The van der Waals surface area contributed by atoms with Gasteiger partial charge in [0.1, 0.15) is 0 Å². The predicted octanol–water partition coefficient (Wildman–Crippen LogP) is 4.03. The molecule has 216 valence electrons. The zero-order valence-electron chi connectivity index (χ0n) is 23.1. The first-order chi connectivity index (χ1) is 19.4. The van der Waals surface area contributed by atoms with Crippen LogP contribution in [0.5, 0.6) is 5.75 Å². The number of nitrogens with zero attached hydrogens (tertiary/aromatic N) is 1. The predicted molar refractivity (Wildman–Crippen MR) is 161 cm³/mol. The molecule has 40 heavy (non-hydrogen) atoms. The summed E-state index contributed by atoms with van der Waals surface area (Å²) in [6.45, 7) is 6.22. The van der Waals surface area contributed by atoms with Crippen LogP contribution in [0.3, 0.4) is 0 Å². The Morgan fingerprint density at radius 3 is 2.60 bits per heavy atom. The molecule has 3 atom stereocenters. The summed E-state index contributed by atoms with van der Waals surface area (Å²) in [5.74, 6) is 0.434. The molecule has 2 aromatic rings. The third kappa shape index (κ3) is 8.68. The van der Waals surface area contributed by atoms with Crippen molar-refractivity contribution in [3.8, 4) is 22.9 Å². The molecule has 8 heteroatoms. The van der Waals surface area contributed by atoms with E-state index in [2.05, 4.69) is 12.6 Å². The zero-order valence-corrected chi connectivity index (χ0v) is 27.4. The van der Waals surface area contributed by atoms with Crippen LogP contribution in [0.25, 0.3) is 11.1 Å². The average molecular weight is 770 g/mol. The van der Waals surface area contributed by atoms with Gasteiger partial charge >= 0.3 is 229 Å². The van der Waals surface area contributed by atoms with Crippen molar-refractivity contribution in [2.45, 2.75) is 71.7 Å². The maximum atomic E-state index is 13.0. The standard InChI is InChI=1S/C32H38I2NO5/c1-3-30(36)40-34-20-18-32(22-31(37)39-24(2)29(34)8-4-6-19-33-32)17-5-7-21-38-28-15-13-27(14-16-28)26-11-9-25(23-35)10-12-26/h3,9-16,24,29H,1,4-8,17-22H2,2H3/q-1. The van der Waals surface area contributed by atoms with Gasteiger partial charge in [0, 0.05) is 0 Å². The Kier molecular flexibility index (Phi) is 11.7.